The van der Waals surface area contributed by atoms with E-state index in [1.165, 1.54) is 4.68 Å². The molecule has 1 N–H and O–H groups in total. The van der Waals surface area contributed by atoms with Crippen LogP contribution in [0.4, 0.5) is 5.69 Å². The maximum atomic E-state index is 12.4. The van der Waals surface area contributed by atoms with Crippen LogP contribution in [0.5, 0.6) is 0 Å². The number of aromatic amines is 1. The highest BCUT2D eigenvalue weighted by atomic mass is 35.5. The van der Waals surface area contributed by atoms with Crippen LogP contribution in [0.15, 0.2) is 53.3 Å². The molecule has 0 aliphatic carbocycles. The van der Waals surface area contributed by atoms with Crippen molar-refractivity contribution in [2.75, 3.05) is 37.6 Å². The topological polar surface area (TPSA) is 44.3 Å². The molecule has 0 spiro atoms. The van der Waals surface area contributed by atoms with E-state index in [1.54, 1.807) is 6.07 Å². The van der Waals surface area contributed by atoms with Crippen molar-refractivity contribution in [3.63, 3.8) is 0 Å². The zero-order valence-electron chi connectivity index (χ0n) is 16.5. The van der Waals surface area contributed by atoms with Crippen molar-refractivity contribution in [3.05, 3.63) is 79.6 Å². The second kappa shape index (κ2) is 9.48. The molecule has 158 valence electrons. The van der Waals surface area contributed by atoms with Crippen molar-refractivity contribution in [1.29, 1.82) is 0 Å². The molecule has 0 radical (unpaired) electrons. The van der Waals surface area contributed by atoms with Crippen molar-refractivity contribution >= 4 is 40.5 Å². The average molecular weight is 466 g/mol. The number of aryl methyl sites for hydroxylation is 1. The minimum atomic E-state index is -0.202. The number of piperazine rings is 1. The Balaban J connectivity index is 1.30. The van der Waals surface area contributed by atoms with Crippen molar-refractivity contribution in [2.45, 2.75) is 12.8 Å². The number of anilines is 1. The van der Waals surface area contributed by atoms with Gasteiger partial charge in [0.2, 0.25) is 0 Å². The molecule has 0 saturated carbocycles. The molecule has 2 aromatic carbocycles. The predicted molar refractivity (Wildman–Crippen MR) is 125 cm³/mol. The van der Waals surface area contributed by atoms with Crippen molar-refractivity contribution < 1.29 is 0 Å². The number of para-hydroxylation sites is 1. The van der Waals surface area contributed by atoms with Crippen LogP contribution in [0.3, 0.4) is 0 Å². The molecule has 1 aliphatic rings. The lowest BCUT2D eigenvalue weighted by Gasteiger charge is -2.36. The summed E-state index contributed by atoms with van der Waals surface area (Å²) in [6.45, 7) is 4.76. The first-order chi connectivity index (χ1) is 14.5. The zero-order chi connectivity index (χ0) is 21.1. The molecule has 0 bridgehead atoms. The Morgan fingerprint density at radius 1 is 0.867 bits per heavy atom. The van der Waals surface area contributed by atoms with Crippen LogP contribution < -0.4 is 10.5 Å². The first-order valence-corrected chi connectivity index (χ1v) is 11.1. The van der Waals surface area contributed by atoms with E-state index in [9.17, 15) is 4.79 Å². The highest BCUT2D eigenvalue weighted by Crippen LogP contribution is 2.26. The third-order valence-electron chi connectivity index (χ3n) is 5.40. The van der Waals surface area contributed by atoms with Gasteiger partial charge >= 0.3 is 0 Å². The second-order valence-corrected chi connectivity index (χ2v) is 8.69. The molecule has 1 fully saturated rings. The lowest BCUT2D eigenvalue weighted by Crippen LogP contribution is -2.46. The van der Waals surface area contributed by atoms with E-state index >= 15 is 0 Å². The number of benzene rings is 2. The maximum absolute atomic E-state index is 12.4. The van der Waals surface area contributed by atoms with Gasteiger partial charge in [-0.3, -0.25) is 14.8 Å². The largest absolute Gasteiger partial charge is 0.369 e. The van der Waals surface area contributed by atoms with Crippen LogP contribution in [0, 0.1) is 0 Å². The molecule has 1 aliphatic heterocycles. The van der Waals surface area contributed by atoms with Gasteiger partial charge in [0.05, 0.1) is 11.4 Å². The van der Waals surface area contributed by atoms with Crippen molar-refractivity contribution in [2.24, 2.45) is 0 Å². The third kappa shape index (κ3) is 4.86. The highest BCUT2D eigenvalue weighted by molar-refractivity contribution is 6.35. The van der Waals surface area contributed by atoms with E-state index in [2.05, 4.69) is 14.9 Å². The molecule has 3 aromatic rings. The lowest BCUT2D eigenvalue weighted by atomic mass is 10.2. The fraction of sp³-hybridized carbons (Fsp3) is 0.318. The van der Waals surface area contributed by atoms with Crippen LogP contribution >= 0.6 is 34.8 Å². The summed E-state index contributed by atoms with van der Waals surface area (Å²) in [5.74, 6) is 0. The maximum Gasteiger partial charge on any atom is 0.290 e. The van der Waals surface area contributed by atoms with Crippen LogP contribution in [0.25, 0.3) is 5.69 Å². The minimum absolute atomic E-state index is 0.202. The van der Waals surface area contributed by atoms with Gasteiger partial charge in [0.15, 0.2) is 0 Å². The monoisotopic (exact) mass is 464 g/mol. The summed E-state index contributed by atoms with van der Waals surface area (Å²) in [6, 6.07) is 15.1. The number of nitrogens with zero attached hydrogens (tertiary/aromatic N) is 3. The minimum Gasteiger partial charge on any atom is -0.369 e. The van der Waals surface area contributed by atoms with Crippen LogP contribution in [0.2, 0.25) is 15.1 Å². The summed E-state index contributed by atoms with van der Waals surface area (Å²) < 4.78 is 1.51. The molecule has 2 heterocycles. The van der Waals surface area contributed by atoms with Gasteiger partial charge in [-0.05, 0) is 49.7 Å². The quantitative estimate of drug-likeness (QED) is 0.564. The summed E-state index contributed by atoms with van der Waals surface area (Å²) in [7, 11) is 0. The zero-order valence-corrected chi connectivity index (χ0v) is 18.7. The first-order valence-electron chi connectivity index (χ1n) is 9.99. The second-order valence-electron chi connectivity index (χ2n) is 7.44. The Morgan fingerprint density at radius 2 is 1.53 bits per heavy atom. The van der Waals surface area contributed by atoms with Crippen LogP contribution in [-0.4, -0.2) is 47.4 Å². The summed E-state index contributed by atoms with van der Waals surface area (Å²) in [5, 5.41) is 4.76. The lowest BCUT2D eigenvalue weighted by molar-refractivity contribution is 0.255. The molecule has 1 saturated heterocycles. The van der Waals surface area contributed by atoms with E-state index in [1.807, 2.05) is 42.5 Å². The van der Waals surface area contributed by atoms with Gasteiger partial charge < -0.3 is 4.90 Å². The van der Waals surface area contributed by atoms with Crippen molar-refractivity contribution in [1.82, 2.24) is 14.7 Å². The number of halogens is 3. The number of hydrogen-bond donors (Lipinski definition) is 1. The van der Waals surface area contributed by atoms with E-state index in [0.717, 1.165) is 62.6 Å². The summed E-state index contributed by atoms with van der Waals surface area (Å²) in [4.78, 5) is 17.2. The molecule has 4 rings (SSSR count). The van der Waals surface area contributed by atoms with Gasteiger partial charge in [-0.2, -0.15) is 0 Å². The Bertz CT molecular complexity index is 1040. The predicted octanol–water partition coefficient (Wildman–Crippen LogP) is 4.88. The molecule has 1 aromatic heterocycles. The van der Waals surface area contributed by atoms with Gasteiger partial charge in [0.25, 0.3) is 5.56 Å². The highest BCUT2D eigenvalue weighted by Gasteiger charge is 2.18. The number of rotatable bonds is 6. The molecule has 5 nitrogen and oxygen atoms in total. The van der Waals surface area contributed by atoms with E-state index < -0.39 is 0 Å². The fourth-order valence-corrected chi connectivity index (χ4v) is 4.55. The third-order valence-corrected chi connectivity index (χ3v) is 6.23. The molecule has 0 amide bonds. The molecule has 8 heteroatoms. The number of hydrogen-bond acceptors (Lipinski definition) is 3. The number of nitrogens with one attached hydrogen (secondary N) is 1. The summed E-state index contributed by atoms with van der Waals surface area (Å²) in [5.41, 5.74) is 2.44. The Hall–Kier alpha value is -1.92. The van der Waals surface area contributed by atoms with Crippen LogP contribution in [0.1, 0.15) is 12.1 Å². The van der Waals surface area contributed by atoms with Gasteiger partial charge in [-0.25, -0.2) is 4.68 Å². The molecular formula is C22H23Cl3N4O. The average Bonchev–Trinajstić information content (AvgIpc) is 3.03. The Morgan fingerprint density at radius 3 is 2.20 bits per heavy atom. The Labute approximate surface area is 190 Å². The standard InChI is InChI=1S/C22H23Cl3N4O/c23-16-13-17(24)15-19(14-16)28-11-9-27(10-12-28)8-4-7-20-21(25)22(30)29(26-20)18-5-2-1-3-6-18/h1-3,5-6,13-15,26H,4,7-12H2. The molecule has 0 unspecified atom stereocenters. The Kier molecular flexibility index (Phi) is 6.74. The van der Waals surface area contributed by atoms with Gasteiger partial charge in [0, 0.05) is 41.9 Å². The van der Waals surface area contributed by atoms with Gasteiger partial charge in [0.1, 0.15) is 5.02 Å². The number of H-pyrrole nitrogens is 1. The number of aromatic nitrogens is 2. The molecular weight excluding hydrogens is 443 g/mol. The van der Waals surface area contributed by atoms with Gasteiger partial charge in [-0.15, -0.1) is 0 Å². The summed E-state index contributed by atoms with van der Waals surface area (Å²) in [6.07, 6.45) is 1.66. The van der Waals surface area contributed by atoms with Crippen molar-refractivity contribution in [3.8, 4) is 5.69 Å². The van der Waals surface area contributed by atoms with E-state index in [0.29, 0.717) is 10.0 Å². The first kappa shape index (κ1) is 21.3. The SMILES string of the molecule is O=c1c(Cl)c(CCCN2CCN(c3cc(Cl)cc(Cl)c3)CC2)[nH]n1-c1ccccc1. The summed E-state index contributed by atoms with van der Waals surface area (Å²) >= 11 is 18.6. The van der Waals surface area contributed by atoms with E-state index in [-0.39, 0.29) is 10.6 Å². The van der Waals surface area contributed by atoms with E-state index in [4.69, 9.17) is 34.8 Å². The molecule has 30 heavy (non-hydrogen) atoms. The smallest absolute Gasteiger partial charge is 0.290 e. The van der Waals surface area contributed by atoms with Gasteiger partial charge in [-0.1, -0.05) is 53.0 Å². The fourth-order valence-electron chi connectivity index (χ4n) is 3.82. The van der Waals surface area contributed by atoms with Crippen LogP contribution in [-0.2, 0) is 6.42 Å². The molecule has 0 atom stereocenters. The normalized spacial score (nSPS) is 15.0.